The zero-order valence-electron chi connectivity index (χ0n) is 22.3. The Bertz CT molecular complexity index is 1430. The van der Waals surface area contributed by atoms with Gasteiger partial charge in [-0.2, -0.15) is 0 Å². The second-order valence-electron chi connectivity index (χ2n) is 12.1. The Labute approximate surface area is 214 Å². The minimum Gasteiger partial charge on any atom is -0.508 e. The average molecular weight is 511 g/mol. The van der Waals surface area contributed by atoms with Crippen molar-refractivity contribution in [3.8, 4) is 5.75 Å². The minimum atomic E-state index is -3.94. The smallest absolute Gasteiger partial charge is 0.248 e. The predicted octanol–water partition coefficient (Wildman–Crippen LogP) is 5.07. The van der Waals surface area contributed by atoms with E-state index in [2.05, 4.69) is 45.7 Å². The molecule has 0 atom stereocenters. The third-order valence-electron chi connectivity index (χ3n) is 6.71. The van der Waals surface area contributed by atoms with Crippen molar-refractivity contribution < 1.29 is 13.5 Å². The first-order chi connectivity index (χ1) is 16.4. The summed E-state index contributed by atoms with van der Waals surface area (Å²) in [6.07, 6.45) is 1.09. The van der Waals surface area contributed by atoms with E-state index in [1.165, 1.54) is 6.07 Å². The maximum Gasteiger partial charge on any atom is 0.248 e. The van der Waals surface area contributed by atoms with Crippen molar-refractivity contribution in [1.82, 2.24) is 4.98 Å². The number of hydrogen-bond acceptors (Lipinski definition) is 4. The van der Waals surface area contributed by atoms with Gasteiger partial charge in [0.2, 0.25) is 15.6 Å². The summed E-state index contributed by atoms with van der Waals surface area (Å²) in [5, 5.41) is 15.9. The lowest BCUT2D eigenvalue weighted by molar-refractivity contribution is 0.466. The van der Waals surface area contributed by atoms with Crippen LogP contribution in [0.25, 0.3) is 0 Å². The Hall–Kier alpha value is -2.90. The number of sulfonamides is 1. The molecule has 0 bridgehead atoms. The Morgan fingerprint density at radius 2 is 1.39 bits per heavy atom. The first-order valence-corrected chi connectivity index (χ1v) is 13.6. The molecule has 0 unspecified atom stereocenters. The molecule has 1 heterocycles. The number of aromatic amines is 1. The molecule has 0 aliphatic rings. The van der Waals surface area contributed by atoms with Crippen LogP contribution in [-0.4, -0.2) is 18.5 Å². The third-order valence-corrected chi connectivity index (χ3v) is 7.60. The van der Waals surface area contributed by atoms with Crippen molar-refractivity contribution in [2.24, 2.45) is 5.14 Å². The molecule has 0 aliphatic heterocycles. The topological polar surface area (TPSA) is 113 Å². The summed E-state index contributed by atoms with van der Waals surface area (Å²) >= 11 is 0. The van der Waals surface area contributed by atoms with E-state index in [4.69, 9.17) is 5.14 Å². The fraction of sp³-hybridized carbons (Fsp3) is 0.414. The molecule has 7 heteroatoms. The van der Waals surface area contributed by atoms with Gasteiger partial charge in [-0.3, -0.25) is 4.79 Å². The van der Waals surface area contributed by atoms with Crippen LogP contribution >= 0.6 is 0 Å². The number of H-pyrrole nitrogens is 1. The summed E-state index contributed by atoms with van der Waals surface area (Å²) in [6.45, 7) is 14.4. The molecule has 1 aromatic heterocycles. The summed E-state index contributed by atoms with van der Waals surface area (Å²) in [4.78, 5) is 14.8. The van der Waals surface area contributed by atoms with Crippen LogP contribution in [0, 0.1) is 0 Å². The Morgan fingerprint density at radius 3 is 1.97 bits per heavy atom. The number of aromatic hydroxyl groups is 1. The number of rotatable bonds is 7. The Kier molecular flexibility index (Phi) is 7.32. The molecular formula is C29H38N2O4S. The van der Waals surface area contributed by atoms with Crippen LogP contribution in [0.15, 0.2) is 64.3 Å². The van der Waals surface area contributed by atoms with Crippen molar-refractivity contribution in [2.75, 3.05) is 0 Å². The van der Waals surface area contributed by atoms with Gasteiger partial charge in [0.1, 0.15) is 5.75 Å². The maximum absolute atomic E-state index is 12.4. The van der Waals surface area contributed by atoms with Gasteiger partial charge >= 0.3 is 0 Å². The van der Waals surface area contributed by atoms with E-state index in [0.29, 0.717) is 12.8 Å². The van der Waals surface area contributed by atoms with E-state index in [0.717, 1.165) is 27.9 Å². The SMILES string of the molecule is CC(C)(C)c1cc(O)cc(CC(C)(C)c2cc(CC(C)(C)c3cccc(=O)[nH]3)cc(S(N)(=O)=O)c2)c1. The molecule has 0 fully saturated rings. The molecule has 0 radical (unpaired) electrons. The van der Waals surface area contributed by atoms with Gasteiger partial charge in [-0.25, -0.2) is 13.6 Å². The maximum atomic E-state index is 12.4. The normalized spacial score (nSPS) is 13.1. The number of phenols is 1. The molecule has 36 heavy (non-hydrogen) atoms. The molecule has 0 aliphatic carbocycles. The molecule has 0 amide bonds. The van der Waals surface area contributed by atoms with E-state index >= 15 is 0 Å². The van der Waals surface area contributed by atoms with Crippen LogP contribution in [0.2, 0.25) is 0 Å². The highest BCUT2D eigenvalue weighted by atomic mass is 32.2. The lowest BCUT2D eigenvalue weighted by Gasteiger charge is -2.30. The first-order valence-electron chi connectivity index (χ1n) is 12.1. The van der Waals surface area contributed by atoms with Gasteiger partial charge in [0.05, 0.1) is 4.90 Å². The molecule has 0 spiro atoms. The molecule has 6 nitrogen and oxygen atoms in total. The molecule has 4 N–H and O–H groups in total. The quantitative estimate of drug-likeness (QED) is 0.412. The van der Waals surface area contributed by atoms with Crippen LogP contribution in [0.4, 0.5) is 0 Å². The second kappa shape index (κ2) is 9.52. The van der Waals surface area contributed by atoms with Crippen LogP contribution in [0.5, 0.6) is 5.75 Å². The van der Waals surface area contributed by atoms with Crippen LogP contribution < -0.4 is 10.7 Å². The summed E-state index contributed by atoms with van der Waals surface area (Å²) in [5.41, 5.74) is 3.21. The van der Waals surface area contributed by atoms with Crippen LogP contribution in [0.3, 0.4) is 0 Å². The first kappa shape index (κ1) is 27.7. The van der Waals surface area contributed by atoms with Gasteiger partial charge < -0.3 is 10.1 Å². The van der Waals surface area contributed by atoms with Crippen molar-refractivity contribution in [1.29, 1.82) is 0 Å². The number of nitrogens with two attached hydrogens (primary N) is 1. The lowest BCUT2D eigenvalue weighted by Crippen LogP contribution is -2.26. The van der Waals surface area contributed by atoms with Crippen molar-refractivity contribution in [3.05, 3.63) is 92.9 Å². The van der Waals surface area contributed by atoms with Gasteiger partial charge in [-0.15, -0.1) is 0 Å². The Morgan fingerprint density at radius 1 is 0.806 bits per heavy atom. The van der Waals surface area contributed by atoms with Gasteiger partial charge in [0.25, 0.3) is 0 Å². The van der Waals surface area contributed by atoms with E-state index in [9.17, 15) is 18.3 Å². The predicted molar refractivity (Wildman–Crippen MR) is 145 cm³/mol. The van der Waals surface area contributed by atoms with E-state index in [1.807, 2.05) is 26.0 Å². The summed E-state index contributed by atoms with van der Waals surface area (Å²) < 4.78 is 24.8. The fourth-order valence-electron chi connectivity index (χ4n) is 4.59. The number of primary sulfonamides is 1. The van der Waals surface area contributed by atoms with Gasteiger partial charge in [0, 0.05) is 17.2 Å². The molecule has 194 valence electrons. The number of benzene rings is 2. The zero-order valence-corrected chi connectivity index (χ0v) is 23.1. The number of nitrogens with one attached hydrogen (secondary N) is 1. The van der Waals surface area contributed by atoms with Crippen molar-refractivity contribution >= 4 is 10.0 Å². The van der Waals surface area contributed by atoms with Crippen molar-refractivity contribution in [3.63, 3.8) is 0 Å². The van der Waals surface area contributed by atoms with E-state index < -0.39 is 20.9 Å². The number of hydrogen-bond donors (Lipinski definition) is 3. The summed E-state index contributed by atoms with van der Waals surface area (Å²) in [5.74, 6) is 0.214. The molecule has 3 aromatic rings. The number of phenolic OH excluding ortho intramolecular Hbond substituents is 1. The summed E-state index contributed by atoms with van der Waals surface area (Å²) in [7, 11) is -3.94. The largest absolute Gasteiger partial charge is 0.508 e. The monoisotopic (exact) mass is 510 g/mol. The van der Waals surface area contributed by atoms with Gasteiger partial charge in [-0.1, -0.05) is 66.7 Å². The fourth-order valence-corrected chi connectivity index (χ4v) is 5.19. The van der Waals surface area contributed by atoms with Gasteiger partial charge in [-0.05, 0) is 76.3 Å². The highest BCUT2D eigenvalue weighted by Crippen LogP contribution is 2.35. The highest BCUT2D eigenvalue weighted by Gasteiger charge is 2.28. The number of pyridine rings is 1. The number of aromatic nitrogens is 1. The highest BCUT2D eigenvalue weighted by molar-refractivity contribution is 7.89. The molecule has 3 rings (SSSR count). The average Bonchev–Trinajstić information content (AvgIpc) is 2.71. The Balaban J connectivity index is 2.06. The second-order valence-corrected chi connectivity index (χ2v) is 13.7. The zero-order chi connectivity index (χ0) is 27.1. The van der Waals surface area contributed by atoms with E-state index in [1.54, 1.807) is 30.3 Å². The molecule has 0 saturated heterocycles. The molecule has 2 aromatic carbocycles. The van der Waals surface area contributed by atoms with E-state index in [-0.39, 0.29) is 21.6 Å². The summed E-state index contributed by atoms with van der Waals surface area (Å²) in [6, 6.07) is 16.0. The standard InChI is InChI=1S/C29H38N2O4S/c1-27(2,3)21-11-19(13-23(32)15-21)17-28(4,5)22-12-20(14-24(16-22)36(30,34)35)18-29(6,7)25-9-8-10-26(33)31-25/h8-16,32H,17-18H2,1-7H3,(H,31,33)(H2,30,34,35). The van der Waals surface area contributed by atoms with Crippen LogP contribution in [0.1, 0.15) is 76.4 Å². The lowest BCUT2D eigenvalue weighted by atomic mass is 9.76. The van der Waals surface area contributed by atoms with Crippen molar-refractivity contribution in [2.45, 2.75) is 82.4 Å². The third kappa shape index (κ3) is 6.65. The van der Waals surface area contributed by atoms with Gasteiger partial charge in [0.15, 0.2) is 0 Å². The molecular weight excluding hydrogens is 472 g/mol. The van der Waals surface area contributed by atoms with Crippen LogP contribution in [-0.2, 0) is 39.1 Å². The minimum absolute atomic E-state index is 0.0618. The molecule has 0 saturated carbocycles.